The Bertz CT molecular complexity index is 1750. The Balaban J connectivity index is 1.63. The van der Waals surface area contributed by atoms with Crippen molar-refractivity contribution in [2.45, 2.75) is 31.3 Å². The molecule has 2 aromatic rings. The van der Waals surface area contributed by atoms with E-state index >= 15 is 0 Å². The van der Waals surface area contributed by atoms with Crippen molar-refractivity contribution in [3.63, 3.8) is 0 Å². The number of ether oxygens (including phenoxy) is 4. The SMILES string of the molecule is COc1cc(C(CC(=O)N2CCN(S(C)(=O)=O)CC2)C2=C(O)[C@@]3(Oc4c(Cl)c(OC)cc(OC)c4C3=O)[C@H](C)CC2=O)ccc1O. The Morgan fingerprint density at radius 2 is 1.67 bits per heavy atom. The molecule has 1 unspecified atom stereocenters. The molecule has 1 aliphatic carbocycles. The molecule has 248 valence electrons. The van der Waals surface area contributed by atoms with Crippen molar-refractivity contribution in [3.05, 3.63) is 51.7 Å². The number of amides is 1. The number of carbonyl (C=O) groups is 3. The molecule has 2 N–H and O–H groups in total. The number of aromatic hydroxyl groups is 1. The van der Waals surface area contributed by atoms with E-state index in [4.69, 9.17) is 30.5 Å². The highest BCUT2D eigenvalue weighted by molar-refractivity contribution is 7.88. The molecular weight excluding hydrogens is 644 g/mol. The normalized spacial score (nSPS) is 22.5. The highest BCUT2D eigenvalue weighted by atomic mass is 35.5. The van der Waals surface area contributed by atoms with Gasteiger partial charge in [0.05, 0.1) is 27.6 Å². The van der Waals surface area contributed by atoms with Crippen LogP contribution in [0.5, 0.6) is 28.7 Å². The van der Waals surface area contributed by atoms with Crippen LogP contribution in [-0.2, 0) is 19.6 Å². The van der Waals surface area contributed by atoms with Crippen LogP contribution >= 0.6 is 11.6 Å². The molecule has 2 aliphatic heterocycles. The lowest BCUT2D eigenvalue weighted by atomic mass is 9.69. The third kappa shape index (κ3) is 5.41. The molecule has 0 saturated carbocycles. The first-order chi connectivity index (χ1) is 21.7. The van der Waals surface area contributed by atoms with E-state index in [1.165, 1.54) is 54.8 Å². The molecule has 1 spiro atoms. The van der Waals surface area contributed by atoms with Crippen molar-refractivity contribution in [1.29, 1.82) is 0 Å². The number of ketones is 2. The fourth-order valence-corrected chi connectivity index (χ4v) is 7.50. The summed E-state index contributed by atoms with van der Waals surface area (Å²) in [7, 11) is 0.631. The van der Waals surface area contributed by atoms with Gasteiger partial charge in [-0.1, -0.05) is 24.6 Å². The number of fused-ring (bicyclic) bond motifs is 1. The zero-order valence-electron chi connectivity index (χ0n) is 26.0. The number of halogens is 1. The Labute approximate surface area is 271 Å². The summed E-state index contributed by atoms with van der Waals surface area (Å²) in [6.45, 7) is 2.03. The second-order valence-corrected chi connectivity index (χ2v) is 13.8. The molecule has 2 aromatic carbocycles. The number of sulfonamides is 1. The molecule has 3 aliphatic rings. The van der Waals surface area contributed by atoms with Crippen LogP contribution in [0.4, 0.5) is 0 Å². The molecule has 2 heterocycles. The van der Waals surface area contributed by atoms with Crippen molar-refractivity contribution < 1.29 is 52.0 Å². The summed E-state index contributed by atoms with van der Waals surface area (Å²) >= 11 is 6.56. The first-order valence-corrected chi connectivity index (χ1v) is 16.7. The van der Waals surface area contributed by atoms with Crippen molar-refractivity contribution >= 4 is 39.1 Å². The maximum atomic E-state index is 14.3. The number of piperazine rings is 1. The Hall–Kier alpha value is -4.01. The summed E-state index contributed by atoms with van der Waals surface area (Å²) in [4.78, 5) is 43.3. The summed E-state index contributed by atoms with van der Waals surface area (Å²) in [5.74, 6) is -4.17. The van der Waals surface area contributed by atoms with E-state index in [1.807, 2.05) is 0 Å². The van der Waals surface area contributed by atoms with E-state index in [0.29, 0.717) is 5.56 Å². The lowest BCUT2D eigenvalue weighted by molar-refractivity contribution is -0.132. The maximum absolute atomic E-state index is 14.3. The van der Waals surface area contributed by atoms with Crippen molar-refractivity contribution in [2.75, 3.05) is 53.8 Å². The number of methoxy groups -OCH3 is 3. The van der Waals surface area contributed by atoms with E-state index in [0.717, 1.165) is 6.26 Å². The smallest absolute Gasteiger partial charge is 0.231 e. The van der Waals surface area contributed by atoms with Crippen molar-refractivity contribution in [1.82, 2.24) is 9.21 Å². The summed E-state index contributed by atoms with van der Waals surface area (Å²) in [6, 6.07) is 5.70. The third-order valence-corrected chi connectivity index (χ3v) is 10.6. The molecular formula is C31H35ClN2O11S. The minimum absolute atomic E-state index is 0.0230. The van der Waals surface area contributed by atoms with Gasteiger partial charge in [0.2, 0.25) is 27.3 Å². The van der Waals surface area contributed by atoms with Crippen LogP contribution in [0.1, 0.15) is 41.6 Å². The van der Waals surface area contributed by atoms with Gasteiger partial charge in [0.25, 0.3) is 0 Å². The number of carbonyl (C=O) groups excluding carboxylic acids is 3. The number of hydrogen-bond acceptors (Lipinski definition) is 11. The summed E-state index contributed by atoms with van der Waals surface area (Å²) in [6.07, 6.45) is 0.549. The van der Waals surface area contributed by atoms with Gasteiger partial charge in [0, 0.05) is 62.5 Å². The van der Waals surface area contributed by atoms with Gasteiger partial charge in [0.1, 0.15) is 22.1 Å². The Morgan fingerprint density at radius 3 is 2.26 bits per heavy atom. The minimum atomic E-state index is -3.44. The second-order valence-electron chi connectivity index (χ2n) is 11.5. The second kappa shape index (κ2) is 12.3. The van der Waals surface area contributed by atoms with Gasteiger partial charge in [0.15, 0.2) is 28.8 Å². The van der Waals surface area contributed by atoms with Gasteiger partial charge in [-0.15, -0.1) is 0 Å². The van der Waals surface area contributed by atoms with Crippen LogP contribution < -0.4 is 18.9 Å². The van der Waals surface area contributed by atoms with E-state index in [9.17, 15) is 33.0 Å². The predicted molar refractivity (Wildman–Crippen MR) is 166 cm³/mol. The van der Waals surface area contributed by atoms with Crippen molar-refractivity contribution in [2.24, 2.45) is 5.92 Å². The first kappa shape index (κ1) is 33.4. The predicted octanol–water partition coefficient (Wildman–Crippen LogP) is 3.08. The van der Waals surface area contributed by atoms with Crippen LogP contribution in [-0.4, -0.2) is 105 Å². The van der Waals surface area contributed by atoms with Gasteiger partial charge in [-0.25, -0.2) is 8.42 Å². The summed E-state index contributed by atoms with van der Waals surface area (Å²) in [5.41, 5.74) is -1.96. The minimum Gasteiger partial charge on any atom is -0.507 e. The number of Topliss-reactive ketones (excluding diaryl/α,β-unsaturated/α-hetero) is 2. The average Bonchev–Trinajstić information content (AvgIpc) is 3.34. The van der Waals surface area contributed by atoms with Gasteiger partial charge in [-0.2, -0.15) is 4.31 Å². The molecule has 1 saturated heterocycles. The number of benzene rings is 2. The first-order valence-electron chi connectivity index (χ1n) is 14.4. The summed E-state index contributed by atoms with van der Waals surface area (Å²) < 4.78 is 47.6. The topological polar surface area (TPSA) is 169 Å². The van der Waals surface area contributed by atoms with Crippen LogP contribution in [0.3, 0.4) is 0 Å². The number of aliphatic hydroxyl groups excluding tert-OH is 1. The van der Waals surface area contributed by atoms with Crippen LogP contribution in [0.25, 0.3) is 0 Å². The highest BCUT2D eigenvalue weighted by Gasteiger charge is 2.61. The average molecular weight is 679 g/mol. The largest absolute Gasteiger partial charge is 0.507 e. The molecule has 1 fully saturated rings. The van der Waals surface area contributed by atoms with E-state index < -0.39 is 50.7 Å². The quantitative estimate of drug-likeness (QED) is 0.421. The zero-order chi connectivity index (χ0) is 33.7. The lowest BCUT2D eigenvalue weighted by Crippen LogP contribution is -2.53. The molecule has 3 atom stereocenters. The molecule has 0 bridgehead atoms. The third-order valence-electron chi connectivity index (χ3n) is 8.91. The van der Waals surface area contributed by atoms with Crippen LogP contribution in [0.15, 0.2) is 35.6 Å². The Morgan fingerprint density at radius 1 is 1.04 bits per heavy atom. The standard InChI is InChI=1S/C31H35ClN2O11S/c1-16-12-20(36)25(29(38)31(16)30(39)26-22(43-3)15-23(44-4)27(32)28(26)45-31)18(17-6-7-19(35)21(13-17)42-2)14-24(37)33-8-10-34(11-9-33)46(5,40)41/h6-7,13,15-16,18,35,38H,8-12,14H2,1-5H3/t16-,18?,31+/m1/s1. The number of phenols is 1. The molecule has 13 nitrogen and oxygen atoms in total. The highest BCUT2D eigenvalue weighted by Crippen LogP contribution is 2.56. The fourth-order valence-electron chi connectivity index (χ4n) is 6.41. The summed E-state index contributed by atoms with van der Waals surface area (Å²) in [5, 5.41) is 22.3. The number of nitrogens with zero attached hydrogens (tertiary/aromatic N) is 2. The molecule has 1 amide bonds. The monoisotopic (exact) mass is 678 g/mol. The number of rotatable bonds is 8. The molecule has 46 heavy (non-hydrogen) atoms. The zero-order valence-corrected chi connectivity index (χ0v) is 27.5. The number of phenolic OH excluding ortho intramolecular Hbond substituents is 1. The number of allylic oxidation sites excluding steroid dienone is 1. The Kier molecular flexibility index (Phi) is 8.92. The van der Waals surface area contributed by atoms with E-state index in [2.05, 4.69) is 0 Å². The number of aliphatic hydroxyl groups is 1. The molecule has 15 heteroatoms. The van der Waals surface area contributed by atoms with E-state index in [-0.39, 0.29) is 83.9 Å². The van der Waals surface area contributed by atoms with Gasteiger partial charge in [-0.3, -0.25) is 14.4 Å². The van der Waals surface area contributed by atoms with Crippen LogP contribution in [0, 0.1) is 5.92 Å². The van der Waals surface area contributed by atoms with Crippen molar-refractivity contribution in [3.8, 4) is 28.7 Å². The lowest BCUT2D eigenvalue weighted by Gasteiger charge is -2.39. The molecule has 5 rings (SSSR count). The van der Waals surface area contributed by atoms with E-state index in [1.54, 1.807) is 6.92 Å². The maximum Gasteiger partial charge on any atom is 0.231 e. The number of hydrogen-bond donors (Lipinski definition) is 2. The van der Waals surface area contributed by atoms with Gasteiger partial charge in [-0.05, 0) is 17.7 Å². The van der Waals surface area contributed by atoms with Gasteiger partial charge < -0.3 is 34.1 Å². The van der Waals surface area contributed by atoms with Crippen LogP contribution in [0.2, 0.25) is 5.02 Å². The molecule has 0 radical (unpaired) electrons. The van der Waals surface area contributed by atoms with Gasteiger partial charge >= 0.3 is 0 Å². The molecule has 0 aromatic heterocycles. The fraction of sp³-hybridized carbons (Fsp3) is 0.452.